The van der Waals surface area contributed by atoms with Crippen LogP contribution in [0.15, 0.2) is 42.5 Å². The second kappa shape index (κ2) is 7.49. The molecule has 0 saturated carbocycles. The Labute approximate surface area is 152 Å². The summed E-state index contributed by atoms with van der Waals surface area (Å²) in [5, 5.41) is 18.6. The van der Waals surface area contributed by atoms with Crippen molar-refractivity contribution in [3.05, 3.63) is 64.4 Å². The summed E-state index contributed by atoms with van der Waals surface area (Å²) in [6, 6.07) is 10.1. The van der Waals surface area contributed by atoms with Gasteiger partial charge in [0.1, 0.15) is 5.82 Å². The molecule has 0 aliphatic rings. The third-order valence-corrected chi connectivity index (χ3v) is 4.81. The molecule has 0 unspecified atom stereocenters. The van der Waals surface area contributed by atoms with Gasteiger partial charge in [-0.25, -0.2) is 4.39 Å². The molecule has 1 aromatic carbocycles. The van der Waals surface area contributed by atoms with Crippen LogP contribution in [-0.4, -0.2) is 27.2 Å². The van der Waals surface area contributed by atoms with Gasteiger partial charge in [0.25, 0.3) is 5.91 Å². The largest absolute Gasteiger partial charge is 0.481 e. The Morgan fingerprint density at radius 3 is 2.62 bits per heavy atom. The monoisotopic (exact) mass is 373 g/mol. The van der Waals surface area contributed by atoms with E-state index in [2.05, 4.69) is 15.5 Å². The van der Waals surface area contributed by atoms with E-state index in [1.54, 1.807) is 17.4 Å². The van der Waals surface area contributed by atoms with Crippen molar-refractivity contribution in [1.82, 2.24) is 15.5 Å². The van der Waals surface area contributed by atoms with E-state index in [-0.39, 0.29) is 12.1 Å². The molecule has 1 amide bonds. The zero-order chi connectivity index (χ0) is 18.7. The Bertz CT molecular complexity index is 933. The molecule has 6 nitrogen and oxygen atoms in total. The molecule has 3 N–H and O–H groups in total. The molecule has 1 atom stereocenters. The Morgan fingerprint density at radius 2 is 2.00 bits per heavy atom. The van der Waals surface area contributed by atoms with Crippen LogP contribution in [0.3, 0.4) is 0 Å². The number of carboxylic acids is 1. The van der Waals surface area contributed by atoms with Gasteiger partial charge in [-0.3, -0.25) is 14.7 Å². The Morgan fingerprint density at radius 1 is 1.27 bits per heavy atom. The maximum atomic E-state index is 13.1. The number of aryl methyl sites for hydroxylation is 1. The third kappa shape index (κ3) is 4.15. The number of hydrogen-bond acceptors (Lipinski definition) is 4. The molecule has 134 valence electrons. The summed E-state index contributed by atoms with van der Waals surface area (Å²) in [6.45, 7) is 1.98. The number of aliphatic carboxylic acids is 1. The molecule has 0 fully saturated rings. The Hall–Kier alpha value is -3.00. The molecule has 0 radical (unpaired) electrons. The van der Waals surface area contributed by atoms with Crippen LogP contribution in [0, 0.1) is 12.7 Å². The van der Waals surface area contributed by atoms with Crippen LogP contribution >= 0.6 is 11.3 Å². The molecule has 3 rings (SSSR count). The first-order chi connectivity index (χ1) is 12.4. The SMILES string of the molecule is Cc1ccc(-c2cc(C(=O)N[C@@H](CC(=O)O)c3ccc(F)cc3)n[nH]2)s1. The van der Waals surface area contributed by atoms with Gasteiger partial charge in [-0.05, 0) is 42.8 Å². The number of halogens is 1. The highest BCUT2D eigenvalue weighted by Gasteiger charge is 2.21. The number of carbonyl (C=O) groups excluding carboxylic acids is 1. The zero-order valence-corrected chi connectivity index (χ0v) is 14.6. The van der Waals surface area contributed by atoms with Gasteiger partial charge in [-0.2, -0.15) is 5.10 Å². The molecular weight excluding hydrogens is 357 g/mol. The number of carboxylic acid groups (broad SMARTS) is 1. The van der Waals surface area contributed by atoms with E-state index >= 15 is 0 Å². The van der Waals surface area contributed by atoms with Crippen LogP contribution in [0.2, 0.25) is 0 Å². The van der Waals surface area contributed by atoms with Crippen molar-refractivity contribution in [2.45, 2.75) is 19.4 Å². The lowest BCUT2D eigenvalue weighted by Gasteiger charge is -2.16. The minimum absolute atomic E-state index is 0.156. The number of benzene rings is 1. The summed E-state index contributed by atoms with van der Waals surface area (Å²) in [5.41, 5.74) is 1.38. The third-order valence-electron chi connectivity index (χ3n) is 3.77. The molecule has 0 aliphatic carbocycles. The van der Waals surface area contributed by atoms with Crippen LogP contribution in [-0.2, 0) is 4.79 Å². The number of hydrogen-bond donors (Lipinski definition) is 3. The van der Waals surface area contributed by atoms with Crippen molar-refractivity contribution < 1.29 is 19.1 Å². The predicted molar refractivity (Wildman–Crippen MR) is 95.5 cm³/mol. The van der Waals surface area contributed by atoms with Crippen LogP contribution in [0.4, 0.5) is 4.39 Å². The van der Waals surface area contributed by atoms with Gasteiger partial charge < -0.3 is 10.4 Å². The van der Waals surface area contributed by atoms with Crippen molar-refractivity contribution in [2.24, 2.45) is 0 Å². The maximum absolute atomic E-state index is 13.1. The number of aromatic nitrogens is 2. The van der Waals surface area contributed by atoms with Crippen molar-refractivity contribution in [2.75, 3.05) is 0 Å². The highest BCUT2D eigenvalue weighted by Crippen LogP contribution is 2.26. The van der Waals surface area contributed by atoms with E-state index in [4.69, 9.17) is 5.11 Å². The van der Waals surface area contributed by atoms with Crippen molar-refractivity contribution in [3.8, 4) is 10.6 Å². The van der Waals surface area contributed by atoms with Crippen LogP contribution in [0.25, 0.3) is 10.6 Å². The number of aromatic amines is 1. The molecule has 2 aromatic heterocycles. The molecule has 0 saturated heterocycles. The average molecular weight is 373 g/mol. The Balaban J connectivity index is 1.78. The summed E-state index contributed by atoms with van der Waals surface area (Å²) in [7, 11) is 0. The van der Waals surface area contributed by atoms with E-state index in [1.807, 2.05) is 19.1 Å². The fraction of sp³-hybridized carbons (Fsp3) is 0.167. The number of amides is 1. The minimum atomic E-state index is -1.07. The lowest BCUT2D eigenvalue weighted by Crippen LogP contribution is -2.30. The molecule has 0 bridgehead atoms. The maximum Gasteiger partial charge on any atom is 0.305 e. The first-order valence-electron chi connectivity index (χ1n) is 7.82. The van der Waals surface area contributed by atoms with Gasteiger partial charge in [0.2, 0.25) is 0 Å². The van der Waals surface area contributed by atoms with E-state index in [9.17, 15) is 14.0 Å². The summed E-state index contributed by atoms with van der Waals surface area (Å²) >= 11 is 1.57. The minimum Gasteiger partial charge on any atom is -0.481 e. The van der Waals surface area contributed by atoms with Gasteiger partial charge in [-0.1, -0.05) is 12.1 Å². The van der Waals surface area contributed by atoms with E-state index < -0.39 is 23.7 Å². The second-order valence-electron chi connectivity index (χ2n) is 5.75. The molecule has 3 aromatic rings. The summed E-state index contributed by atoms with van der Waals surface area (Å²) in [6.07, 6.45) is -0.321. The van der Waals surface area contributed by atoms with Gasteiger partial charge in [0.15, 0.2) is 5.69 Å². The van der Waals surface area contributed by atoms with Gasteiger partial charge in [0.05, 0.1) is 23.0 Å². The van der Waals surface area contributed by atoms with Crippen molar-refractivity contribution >= 4 is 23.2 Å². The molecule has 0 spiro atoms. The summed E-state index contributed by atoms with van der Waals surface area (Å²) in [5.74, 6) is -2.01. The number of nitrogens with zero attached hydrogens (tertiary/aromatic N) is 1. The summed E-state index contributed by atoms with van der Waals surface area (Å²) < 4.78 is 13.1. The first kappa shape index (κ1) is 17.8. The second-order valence-corrected chi connectivity index (χ2v) is 7.04. The average Bonchev–Trinajstić information content (AvgIpc) is 3.23. The number of thiophene rings is 1. The van der Waals surface area contributed by atoms with Crippen LogP contribution in [0.5, 0.6) is 0 Å². The van der Waals surface area contributed by atoms with Crippen molar-refractivity contribution in [1.29, 1.82) is 0 Å². The Kier molecular flexibility index (Phi) is 5.13. The van der Waals surface area contributed by atoms with Crippen LogP contribution < -0.4 is 5.32 Å². The van der Waals surface area contributed by atoms with E-state index in [0.717, 1.165) is 9.75 Å². The standard InChI is InChI=1S/C18H16FN3O3S/c1-10-2-7-16(26-10)14-8-15(22-21-14)18(25)20-13(9-17(23)24)11-3-5-12(19)6-4-11/h2-8,13H,9H2,1H3,(H,20,25)(H,21,22)(H,23,24)/t13-/m0/s1. The van der Waals surface area contributed by atoms with Gasteiger partial charge in [-0.15, -0.1) is 11.3 Å². The molecule has 8 heteroatoms. The normalized spacial score (nSPS) is 11.9. The number of nitrogens with one attached hydrogen (secondary N) is 2. The quantitative estimate of drug-likeness (QED) is 0.616. The highest BCUT2D eigenvalue weighted by molar-refractivity contribution is 7.15. The topological polar surface area (TPSA) is 95.1 Å². The number of rotatable bonds is 6. The van der Waals surface area contributed by atoms with E-state index in [1.165, 1.54) is 24.3 Å². The number of carbonyl (C=O) groups is 2. The molecule has 2 heterocycles. The lowest BCUT2D eigenvalue weighted by molar-refractivity contribution is -0.137. The van der Waals surface area contributed by atoms with E-state index in [0.29, 0.717) is 11.3 Å². The van der Waals surface area contributed by atoms with Crippen LogP contribution in [0.1, 0.15) is 33.4 Å². The summed E-state index contributed by atoms with van der Waals surface area (Å²) in [4.78, 5) is 25.7. The fourth-order valence-corrected chi connectivity index (χ4v) is 3.33. The number of H-pyrrole nitrogens is 1. The van der Waals surface area contributed by atoms with Crippen molar-refractivity contribution in [3.63, 3.8) is 0 Å². The van der Waals surface area contributed by atoms with Gasteiger partial charge >= 0.3 is 5.97 Å². The fourth-order valence-electron chi connectivity index (χ4n) is 2.50. The van der Waals surface area contributed by atoms with Gasteiger partial charge in [0, 0.05) is 4.88 Å². The smallest absolute Gasteiger partial charge is 0.305 e. The first-order valence-corrected chi connectivity index (χ1v) is 8.64. The molecule has 26 heavy (non-hydrogen) atoms. The predicted octanol–water partition coefficient (Wildman–Crippen LogP) is 3.53. The molecule has 0 aliphatic heterocycles. The zero-order valence-electron chi connectivity index (χ0n) is 13.8. The molecular formula is C18H16FN3O3S. The highest BCUT2D eigenvalue weighted by atomic mass is 32.1. The lowest BCUT2D eigenvalue weighted by atomic mass is 10.0.